The Labute approximate surface area is 154 Å². The van der Waals surface area contributed by atoms with Crippen LogP contribution >= 0.6 is 11.6 Å². The number of nitrogens with zero attached hydrogens (tertiary/aromatic N) is 2. The van der Waals surface area contributed by atoms with Gasteiger partial charge in [0.2, 0.25) is 0 Å². The fraction of sp³-hybridized carbons (Fsp3) is 0.211. The van der Waals surface area contributed by atoms with Gasteiger partial charge in [0.25, 0.3) is 11.5 Å². The Bertz CT molecular complexity index is 1030. The maximum Gasteiger partial charge on any atom is 0.276 e. The van der Waals surface area contributed by atoms with Gasteiger partial charge in [-0.15, -0.1) is 0 Å². The van der Waals surface area contributed by atoms with E-state index in [1.54, 1.807) is 24.3 Å². The predicted octanol–water partition coefficient (Wildman–Crippen LogP) is 4.24. The van der Waals surface area contributed by atoms with Crippen molar-refractivity contribution in [2.45, 2.75) is 26.3 Å². The molecule has 1 amide bonds. The number of hydrogen-bond acceptors (Lipinski definition) is 3. The van der Waals surface area contributed by atoms with Gasteiger partial charge in [-0.3, -0.25) is 9.59 Å². The van der Waals surface area contributed by atoms with Gasteiger partial charge in [-0.2, -0.15) is 5.10 Å². The summed E-state index contributed by atoms with van der Waals surface area (Å²) in [4.78, 5) is 25.3. The normalized spacial score (nSPS) is 10.9. The summed E-state index contributed by atoms with van der Waals surface area (Å²) in [6.45, 7) is 2.44. The fourth-order valence-corrected chi connectivity index (χ4v) is 2.85. The Balaban J connectivity index is 2.06. The van der Waals surface area contributed by atoms with Crippen LogP contribution in [0.3, 0.4) is 0 Å². The molecule has 3 rings (SSSR count). The summed E-state index contributed by atoms with van der Waals surface area (Å²) < 4.78 is 14.5. The van der Waals surface area contributed by atoms with Gasteiger partial charge in [-0.05, 0) is 30.7 Å². The molecule has 0 saturated heterocycles. The topological polar surface area (TPSA) is 64.0 Å². The lowest BCUT2D eigenvalue weighted by atomic mass is 10.1. The van der Waals surface area contributed by atoms with Crippen LogP contribution in [0.5, 0.6) is 0 Å². The summed E-state index contributed by atoms with van der Waals surface area (Å²) >= 11 is 5.97. The number of fused-ring (bicyclic) bond motifs is 1. The zero-order valence-electron chi connectivity index (χ0n) is 14.1. The minimum Gasteiger partial charge on any atom is -0.319 e. The molecule has 2 aromatic carbocycles. The second-order valence-corrected chi connectivity index (χ2v) is 6.26. The van der Waals surface area contributed by atoms with Gasteiger partial charge >= 0.3 is 0 Å². The molecule has 0 radical (unpaired) electrons. The summed E-state index contributed by atoms with van der Waals surface area (Å²) in [5.41, 5.74) is 0.164. The van der Waals surface area contributed by atoms with Crippen LogP contribution in [0.15, 0.2) is 47.3 Å². The summed E-state index contributed by atoms with van der Waals surface area (Å²) in [5, 5.41) is 7.86. The van der Waals surface area contributed by atoms with Crippen LogP contribution in [0.2, 0.25) is 5.02 Å². The number of unbranched alkanes of at least 4 members (excludes halogenated alkanes) is 1. The number of aryl methyl sites for hydroxylation is 1. The van der Waals surface area contributed by atoms with Crippen molar-refractivity contribution < 1.29 is 9.18 Å². The van der Waals surface area contributed by atoms with Crippen molar-refractivity contribution in [1.29, 1.82) is 0 Å². The number of aromatic nitrogens is 2. The van der Waals surface area contributed by atoms with E-state index in [9.17, 15) is 14.0 Å². The number of carbonyl (C=O) groups excluding carboxylic acids is 1. The van der Waals surface area contributed by atoms with E-state index >= 15 is 0 Å². The minimum absolute atomic E-state index is 0.0851. The zero-order chi connectivity index (χ0) is 18.7. The van der Waals surface area contributed by atoms with Gasteiger partial charge in [-0.1, -0.05) is 43.1 Å². The van der Waals surface area contributed by atoms with Crippen molar-refractivity contribution >= 4 is 34.0 Å². The van der Waals surface area contributed by atoms with Crippen LogP contribution in [0, 0.1) is 5.82 Å². The second-order valence-electron chi connectivity index (χ2n) is 5.85. The Morgan fingerprint density at radius 3 is 2.65 bits per heavy atom. The molecule has 0 fully saturated rings. The number of hydrogen-bond donors (Lipinski definition) is 1. The van der Waals surface area contributed by atoms with Crippen LogP contribution in [0.1, 0.15) is 30.3 Å². The highest BCUT2D eigenvalue weighted by atomic mass is 35.5. The molecule has 0 atom stereocenters. The Morgan fingerprint density at radius 1 is 1.23 bits per heavy atom. The molecule has 26 heavy (non-hydrogen) atoms. The summed E-state index contributed by atoms with van der Waals surface area (Å²) in [5.74, 6) is -1.01. The van der Waals surface area contributed by atoms with Gasteiger partial charge in [0.05, 0.1) is 16.1 Å². The van der Waals surface area contributed by atoms with E-state index < -0.39 is 11.7 Å². The second kappa shape index (κ2) is 7.66. The summed E-state index contributed by atoms with van der Waals surface area (Å²) in [7, 11) is 0. The van der Waals surface area contributed by atoms with Gasteiger partial charge in [0.15, 0.2) is 5.69 Å². The number of amides is 1. The van der Waals surface area contributed by atoms with Crippen LogP contribution in [0.4, 0.5) is 10.1 Å². The van der Waals surface area contributed by atoms with Crippen molar-refractivity contribution in [3.05, 3.63) is 69.4 Å². The molecule has 1 N–H and O–H groups in total. The molecule has 3 aromatic rings. The molecule has 5 nitrogen and oxygen atoms in total. The first-order valence-corrected chi connectivity index (χ1v) is 8.65. The molecule has 0 saturated carbocycles. The largest absolute Gasteiger partial charge is 0.319 e. The van der Waals surface area contributed by atoms with E-state index in [0.29, 0.717) is 17.3 Å². The van der Waals surface area contributed by atoms with E-state index in [0.717, 1.165) is 18.9 Å². The van der Waals surface area contributed by atoms with Crippen LogP contribution in [-0.2, 0) is 6.54 Å². The first kappa shape index (κ1) is 18.1. The summed E-state index contributed by atoms with van der Waals surface area (Å²) in [6.07, 6.45) is 1.67. The van der Waals surface area contributed by atoms with E-state index in [4.69, 9.17) is 11.6 Å². The number of benzene rings is 2. The molecule has 0 aliphatic carbocycles. The van der Waals surface area contributed by atoms with Crippen molar-refractivity contribution in [1.82, 2.24) is 9.78 Å². The van der Waals surface area contributed by atoms with Crippen molar-refractivity contribution in [2.24, 2.45) is 0 Å². The number of halogens is 2. The smallest absolute Gasteiger partial charge is 0.276 e. The van der Waals surface area contributed by atoms with E-state index in [1.807, 2.05) is 6.92 Å². The minimum atomic E-state index is -0.514. The lowest BCUT2D eigenvalue weighted by molar-refractivity contribution is 0.102. The first-order valence-electron chi connectivity index (χ1n) is 8.27. The molecular formula is C19H17ClFN3O2. The third kappa shape index (κ3) is 3.60. The van der Waals surface area contributed by atoms with E-state index in [-0.39, 0.29) is 22.0 Å². The zero-order valence-corrected chi connectivity index (χ0v) is 14.9. The number of anilines is 1. The maximum atomic E-state index is 13.2. The van der Waals surface area contributed by atoms with Crippen molar-refractivity contribution in [3.8, 4) is 0 Å². The highest BCUT2D eigenvalue weighted by molar-refractivity contribution is 6.34. The third-order valence-corrected chi connectivity index (χ3v) is 4.30. The highest BCUT2D eigenvalue weighted by Crippen LogP contribution is 2.23. The van der Waals surface area contributed by atoms with Crippen LogP contribution < -0.4 is 10.9 Å². The Morgan fingerprint density at radius 2 is 1.96 bits per heavy atom. The molecule has 0 bridgehead atoms. The molecular weight excluding hydrogens is 357 g/mol. The molecule has 134 valence electrons. The van der Waals surface area contributed by atoms with Gasteiger partial charge < -0.3 is 5.32 Å². The quantitative estimate of drug-likeness (QED) is 0.727. The Kier molecular flexibility index (Phi) is 5.32. The molecule has 1 aromatic heterocycles. The van der Waals surface area contributed by atoms with Gasteiger partial charge in [0.1, 0.15) is 5.82 Å². The van der Waals surface area contributed by atoms with E-state index in [1.165, 1.54) is 16.8 Å². The standard InChI is InChI=1S/C19H17ClFN3O2/c1-2-3-10-24-19(26)14-7-5-4-6-13(14)17(23-24)18(25)22-16-9-8-12(21)11-15(16)20/h4-9,11H,2-3,10H2,1H3,(H,22,25). The van der Waals surface area contributed by atoms with Gasteiger partial charge in [0, 0.05) is 11.9 Å². The first-order chi connectivity index (χ1) is 12.5. The molecule has 1 heterocycles. The molecule has 0 unspecified atom stereocenters. The molecule has 0 aliphatic heterocycles. The van der Waals surface area contributed by atoms with Gasteiger partial charge in [-0.25, -0.2) is 9.07 Å². The summed E-state index contributed by atoms with van der Waals surface area (Å²) in [6, 6.07) is 10.5. The molecule has 0 aliphatic rings. The third-order valence-electron chi connectivity index (χ3n) is 3.99. The van der Waals surface area contributed by atoms with Crippen molar-refractivity contribution in [2.75, 3.05) is 5.32 Å². The van der Waals surface area contributed by atoms with Crippen molar-refractivity contribution in [3.63, 3.8) is 0 Å². The molecule has 7 heteroatoms. The number of carbonyl (C=O) groups is 1. The fourth-order valence-electron chi connectivity index (χ4n) is 2.63. The average molecular weight is 374 g/mol. The monoisotopic (exact) mass is 373 g/mol. The average Bonchev–Trinajstić information content (AvgIpc) is 2.63. The number of rotatable bonds is 5. The lowest BCUT2D eigenvalue weighted by Crippen LogP contribution is -2.27. The molecule has 0 spiro atoms. The van der Waals surface area contributed by atoms with Crippen LogP contribution in [0.25, 0.3) is 10.8 Å². The lowest BCUT2D eigenvalue weighted by Gasteiger charge is -2.12. The number of nitrogens with one attached hydrogen (secondary N) is 1. The predicted molar refractivity (Wildman–Crippen MR) is 100 cm³/mol. The van der Waals surface area contributed by atoms with E-state index in [2.05, 4.69) is 10.4 Å². The van der Waals surface area contributed by atoms with Crippen LogP contribution in [-0.4, -0.2) is 15.7 Å². The Hall–Kier alpha value is -2.73. The maximum absolute atomic E-state index is 13.2. The SMILES string of the molecule is CCCCn1nc(C(=O)Nc2ccc(F)cc2Cl)c2ccccc2c1=O. The highest BCUT2D eigenvalue weighted by Gasteiger charge is 2.17.